The van der Waals surface area contributed by atoms with Crippen molar-refractivity contribution in [3.05, 3.63) is 30.1 Å². The maximum absolute atomic E-state index is 13.1. The number of carbonyl (C=O) groups excluding carboxylic acids is 2. The molecule has 0 aromatic heterocycles. The number of anilines is 1. The normalized spacial score (nSPS) is 20.9. The zero-order valence-electron chi connectivity index (χ0n) is 15.9. The molecule has 0 aliphatic carbocycles. The first kappa shape index (κ1) is 19.4. The van der Waals surface area contributed by atoms with Crippen LogP contribution in [0.2, 0.25) is 0 Å². The Morgan fingerprint density at radius 3 is 2.63 bits per heavy atom. The maximum atomic E-state index is 13.1. The fourth-order valence-electron chi connectivity index (χ4n) is 3.24. The molecule has 2 heterocycles. The van der Waals surface area contributed by atoms with E-state index in [9.17, 15) is 14.0 Å². The van der Waals surface area contributed by atoms with Gasteiger partial charge in [-0.3, -0.25) is 10.2 Å². The molecule has 0 bridgehead atoms. The maximum Gasteiger partial charge on any atom is 0.411 e. The number of nitrogens with zero attached hydrogens (tertiary/aromatic N) is 2. The van der Waals surface area contributed by atoms with Gasteiger partial charge in [0.05, 0.1) is 0 Å². The van der Waals surface area contributed by atoms with Gasteiger partial charge in [-0.2, -0.15) is 0 Å². The number of hydrogen-bond donors (Lipinski definition) is 1. The number of rotatable bonds is 3. The summed E-state index contributed by atoms with van der Waals surface area (Å²) in [5, 5.41) is 2.52. The lowest BCUT2D eigenvalue weighted by atomic mass is 10.1. The highest BCUT2D eigenvalue weighted by Gasteiger charge is 2.39. The van der Waals surface area contributed by atoms with Crippen LogP contribution in [0, 0.1) is 5.82 Å². The van der Waals surface area contributed by atoms with Gasteiger partial charge in [0, 0.05) is 37.9 Å². The molecule has 2 amide bonds. The van der Waals surface area contributed by atoms with Gasteiger partial charge in [0.2, 0.25) is 0 Å². The van der Waals surface area contributed by atoms with Gasteiger partial charge in [-0.25, -0.2) is 14.0 Å². The van der Waals surface area contributed by atoms with Crippen LogP contribution in [0.15, 0.2) is 24.3 Å². The second-order valence-electron chi connectivity index (χ2n) is 7.99. The lowest BCUT2D eigenvalue weighted by Crippen LogP contribution is -2.58. The van der Waals surface area contributed by atoms with E-state index in [4.69, 9.17) is 9.47 Å². The molecule has 0 radical (unpaired) electrons. The number of carbonyl (C=O) groups is 2. The summed E-state index contributed by atoms with van der Waals surface area (Å²) < 4.78 is 23.9. The Balaban J connectivity index is 1.38. The summed E-state index contributed by atoms with van der Waals surface area (Å²) in [4.78, 5) is 27.9. The summed E-state index contributed by atoms with van der Waals surface area (Å²) in [5.74, 6) is -0.418. The smallest absolute Gasteiger partial charge is 0.411 e. The van der Waals surface area contributed by atoms with Gasteiger partial charge in [-0.1, -0.05) is 6.07 Å². The van der Waals surface area contributed by atoms with E-state index in [-0.39, 0.29) is 18.2 Å². The number of nitrogens with one attached hydrogen (secondary N) is 1. The van der Waals surface area contributed by atoms with Crippen molar-refractivity contribution in [3.8, 4) is 0 Å². The number of halogens is 1. The van der Waals surface area contributed by atoms with Gasteiger partial charge in [0.1, 0.15) is 17.5 Å². The Bertz CT molecular complexity index is 700. The van der Waals surface area contributed by atoms with E-state index in [1.165, 1.54) is 18.2 Å². The molecule has 1 atom stereocenters. The summed E-state index contributed by atoms with van der Waals surface area (Å²) in [6.07, 6.45) is -0.199. The van der Waals surface area contributed by atoms with Crippen molar-refractivity contribution in [2.75, 3.05) is 31.5 Å². The third kappa shape index (κ3) is 5.32. The van der Waals surface area contributed by atoms with E-state index in [0.717, 1.165) is 6.42 Å². The van der Waals surface area contributed by atoms with Gasteiger partial charge >= 0.3 is 12.2 Å². The molecule has 2 saturated heterocycles. The van der Waals surface area contributed by atoms with E-state index in [1.807, 2.05) is 20.8 Å². The highest BCUT2D eigenvalue weighted by molar-refractivity contribution is 5.84. The Morgan fingerprint density at radius 1 is 1.22 bits per heavy atom. The van der Waals surface area contributed by atoms with Crippen LogP contribution in [0.25, 0.3) is 0 Å². The third-order valence-corrected chi connectivity index (χ3v) is 4.55. The standard InChI is InChI=1S/C19H26FN3O4/c1-19(2,3)27-18(25)22-8-7-15(10-22)23-11-16(12-23)26-17(24)21-14-6-4-5-13(20)9-14/h4-6,9,15-16H,7-8,10-12H2,1-3H3,(H,21,24)/t15-/m1/s1. The van der Waals surface area contributed by atoms with Crippen LogP contribution in [-0.4, -0.2) is 65.9 Å². The van der Waals surface area contributed by atoms with E-state index < -0.39 is 17.5 Å². The molecule has 0 unspecified atom stereocenters. The second-order valence-corrected chi connectivity index (χ2v) is 7.99. The van der Waals surface area contributed by atoms with Gasteiger partial charge < -0.3 is 14.4 Å². The molecular weight excluding hydrogens is 353 g/mol. The average molecular weight is 379 g/mol. The topological polar surface area (TPSA) is 71.1 Å². The summed E-state index contributed by atoms with van der Waals surface area (Å²) >= 11 is 0. The molecule has 7 nitrogen and oxygen atoms in total. The minimum absolute atomic E-state index is 0.200. The number of hydrogen-bond acceptors (Lipinski definition) is 5. The van der Waals surface area contributed by atoms with Crippen molar-refractivity contribution >= 4 is 17.9 Å². The molecule has 0 saturated carbocycles. The third-order valence-electron chi connectivity index (χ3n) is 4.55. The number of ether oxygens (including phenoxy) is 2. The first-order valence-electron chi connectivity index (χ1n) is 9.15. The fraction of sp³-hybridized carbons (Fsp3) is 0.579. The van der Waals surface area contributed by atoms with Crippen molar-refractivity contribution in [1.29, 1.82) is 0 Å². The Morgan fingerprint density at radius 2 is 1.96 bits per heavy atom. The molecule has 2 aliphatic heterocycles. The van der Waals surface area contributed by atoms with Crippen molar-refractivity contribution < 1.29 is 23.5 Å². The lowest BCUT2D eigenvalue weighted by Gasteiger charge is -2.42. The SMILES string of the molecule is CC(C)(C)OC(=O)N1CC[C@@H](N2CC(OC(=O)Nc3cccc(F)c3)C2)C1. The molecule has 148 valence electrons. The van der Waals surface area contributed by atoms with Crippen LogP contribution < -0.4 is 5.32 Å². The Labute approximate surface area is 158 Å². The van der Waals surface area contributed by atoms with Crippen LogP contribution >= 0.6 is 0 Å². The van der Waals surface area contributed by atoms with E-state index in [1.54, 1.807) is 11.0 Å². The van der Waals surface area contributed by atoms with Crippen molar-refractivity contribution in [3.63, 3.8) is 0 Å². The summed E-state index contributed by atoms with van der Waals surface area (Å²) in [7, 11) is 0. The highest BCUT2D eigenvalue weighted by Crippen LogP contribution is 2.24. The van der Waals surface area contributed by atoms with Crippen LogP contribution in [0.4, 0.5) is 19.7 Å². The molecule has 2 aliphatic rings. The van der Waals surface area contributed by atoms with E-state index in [2.05, 4.69) is 10.2 Å². The quantitative estimate of drug-likeness (QED) is 0.874. The zero-order chi connectivity index (χ0) is 19.6. The zero-order valence-corrected chi connectivity index (χ0v) is 15.9. The molecule has 1 aromatic carbocycles. The van der Waals surface area contributed by atoms with Crippen LogP contribution in [-0.2, 0) is 9.47 Å². The number of amides is 2. The molecule has 27 heavy (non-hydrogen) atoms. The predicted octanol–water partition coefficient (Wildman–Crippen LogP) is 3.07. The molecule has 1 aromatic rings. The molecular formula is C19H26FN3O4. The molecule has 2 fully saturated rings. The largest absolute Gasteiger partial charge is 0.444 e. The number of benzene rings is 1. The minimum Gasteiger partial charge on any atom is -0.444 e. The van der Waals surface area contributed by atoms with Crippen molar-refractivity contribution in [2.45, 2.75) is 44.9 Å². The fourth-order valence-corrected chi connectivity index (χ4v) is 3.24. The molecule has 3 rings (SSSR count). The first-order valence-corrected chi connectivity index (χ1v) is 9.15. The second kappa shape index (κ2) is 7.72. The van der Waals surface area contributed by atoms with Crippen molar-refractivity contribution in [1.82, 2.24) is 9.80 Å². The molecule has 8 heteroatoms. The van der Waals surface area contributed by atoms with E-state index in [0.29, 0.717) is 31.9 Å². The van der Waals surface area contributed by atoms with E-state index >= 15 is 0 Å². The van der Waals surface area contributed by atoms with Crippen molar-refractivity contribution in [2.24, 2.45) is 0 Å². The van der Waals surface area contributed by atoms with Crippen LogP contribution in [0.3, 0.4) is 0 Å². The van der Waals surface area contributed by atoms with Gasteiger partial charge in [0.25, 0.3) is 0 Å². The van der Waals surface area contributed by atoms with Crippen LogP contribution in [0.5, 0.6) is 0 Å². The predicted molar refractivity (Wildman–Crippen MR) is 98.1 cm³/mol. The summed E-state index contributed by atoms with van der Waals surface area (Å²) in [6.45, 7) is 8.10. The Kier molecular flexibility index (Phi) is 5.55. The highest BCUT2D eigenvalue weighted by atomic mass is 19.1. The monoisotopic (exact) mass is 379 g/mol. The van der Waals surface area contributed by atoms with Gasteiger partial charge in [-0.05, 0) is 45.4 Å². The number of likely N-dealkylation sites (tertiary alicyclic amines) is 2. The minimum atomic E-state index is -0.591. The summed E-state index contributed by atoms with van der Waals surface area (Å²) in [6, 6.07) is 5.91. The van der Waals surface area contributed by atoms with Gasteiger partial charge in [0.15, 0.2) is 0 Å². The summed E-state index contributed by atoms with van der Waals surface area (Å²) in [5.41, 5.74) is -0.139. The molecule has 1 N–H and O–H groups in total. The average Bonchev–Trinajstić information content (AvgIpc) is 2.98. The first-order chi connectivity index (χ1) is 12.7. The molecule has 0 spiro atoms. The Hall–Kier alpha value is -2.35. The van der Waals surface area contributed by atoms with Crippen LogP contribution in [0.1, 0.15) is 27.2 Å². The lowest BCUT2D eigenvalue weighted by molar-refractivity contribution is -0.0293. The van der Waals surface area contributed by atoms with Gasteiger partial charge in [-0.15, -0.1) is 0 Å².